The number of aliphatic hydroxyl groups is 6. The molecule has 222 valence electrons. The van der Waals surface area contributed by atoms with E-state index in [1.165, 1.54) is 24.3 Å². The largest absolute Gasteiger partial charge is 0.507 e. The van der Waals surface area contributed by atoms with Gasteiger partial charge in [-0.05, 0) is 18.2 Å². The molecule has 15 nitrogen and oxygen atoms in total. The van der Waals surface area contributed by atoms with E-state index in [2.05, 4.69) is 0 Å². The molecule has 15 heteroatoms. The Kier molecular flexibility index (Phi) is 8.06. The highest BCUT2D eigenvalue weighted by Gasteiger charge is 2.47. The van der Waals surface area contributed by atoms with Crippen LogP contribution in [0.5, 0.6) is 23.0 Å². The van der Waals surface area contributed by atoms with Gasteiger partial charge in [-0.15, -0.1) is 0 Å². The second kappa shape index (κ2) is 11.4. The van der Waals surface area contributed by atoms with Gasteiger partial charge in [0.25, 0.3) is 0 Å². The van der Waals surface area contributed by atoms with Gasteiger partial charge >= 0.3 is 0 Å². The lowest BCUT2D eigenvalue weighted by Gasteiger charge is -2.40. The van der Waals surface area contributed by atoms with Crippen LogP contribution in [-0.4, -0.2) is 114 Å². The maximum atomic E-state index is 12.7. The van der Waals surface area contributed by atoms with Crippen molar-refractivity contribution in [2.45, 2.75) is 55.3 Å². The Morgan fingerprint density at radius 1 is 0.732 bits per heavy atom. The number of rotatable bonds is 7. The summed E-state index contributed by atoms with van der Waals surface area (Å²) < 4.78 is 27.5. The number of aliphatic hydroxyl groups excluding tert-OH is 6. The third kappa shape index (κ3) is 5.54. The summed E-state index contributed by atoms with van der Waals surface area (Å²) in [6, 6.07) is 7.08. The first kappa shape index (κ1) is 29.0. The minimum Gasteiger partial charge on any atom is -0.507 e. The first-order chi connectivity index (χ1) is 19.5. The third-order valence-corrected chi connectivity index (χ3v) is 6.89. The number of phenolic OH excluding ortho intramolecular Hbond substituents is 3. The monoisotopic (exact) mass is 580 g/mol. The summed E-state index contributed by atoms with van der Waals surface area (Å²) in [5.74, 6) is -1.55. The summed E-state index contributed by atoms with van der Waals surface area (Å²) in [5.41, 5.74) is -0.539. The fourth-order valence-corrected chi connectivity index (χ4v) is 4.61. The molecule has 2 aromatic carbocycles. The maximum Gasteiger partial charge on any atom is 0.229 e. The number of fused-ring (bicyclic) bond motifs is 1. The highest BCUT2D eigenvalue weighted by Crippen LogP contribution is 2.35. The zero-order valence-electron chi connectivity index (χ0n) is 21.0. The summed E-state index contributed by atoms with van der Waals surface area (Å²) >= 11 is 0. The second-order valence-electron chi connectivity index (χ2n) is 9.67. The molecule has 0 spiro atoms. The van der Waals surface area contributed by atoms with E-state index in [-0.39, 0.29) is 33.8 Å². The summed E-state index contributed by atoms with van der Waals surface area (Å²) in [5, 5.41) is 90.0. The minimum absolute atomic E-state index is 0.0102. The molecule has 0 unspecified atom stereocenters. The molecule has 2 aliphatic rings. The normalized spacial score (nSPS) is 31.9. The van der Waals surface area contributed by atoms with E-state index < -0.39 is 85.4 Å². The van der Waals surface area contributed by atoms with E-state index in [9.17, 15) is 50.8 Å². The fraction of sp³-hybridized carbons (Fsp3) is 0.423. The van der Waals surface area contributed by atoms with Crippen molar-refractivity contribution in [3.05, 3.63) is 46.6 Å². The van der Waals surface area contributed by atoms with Crippen molar-refractivity contribution in [3.63, 3.8) is 0 Å². The lowest BCUT2D eigenvalue weighted by atomic mass is 9.99. The molecule has 9 atom stereocenters. The molecular weight excluding hydrogens is 552 g/mol. The van der Waals surface area contributed by atoms with Crippen molar-refractivity contribution in [3.8, 4) is 34.3 Å². The van der Waals surface area contributed by atoms with Crippen molar-refractivity contribution < 1.29 is 69.3 Å². The van der Waals surface area contributed by atoms with E-state index in [1.807, 2.05) is 0 Å². The minimum atomic E-state index is -1.79. The molecule has 0 bridgehead atoms. The molecule has 0 radical (unpaired) electrons. The molecule has 2 fully saturated rings. The summed E-state index contributed by atoms with van der Waals surface area (Å²) in [4.78, 5) is 12.7. The van der Waals surface area contributed by atoms with Crippen molar-refractivity contribution in [1.82, 2.24) is 0 Å². The first-order valence-electron chi connectivity index (χ1n) is 12.4. The molecule has 0 saturated carbocycles. The van der Waals surface area contributed by atoms with Crippen LogP contribution in [0.25, 0.3) is 22.3 Å². The van der Waals surface area contributed by atoms with Gasteiger partial charge in [0.1, 0.15) is 71.0 Å². The van der Waals surface area contributed by atoms with Gasteiger partial charge in [0.05, 0.1) is 13.2 Å². The van der Waals surface area contributed by atoms with Gasteiger partial charge < -0.3 is 69.3 Å². The van der Waals surface area contributed by atoms with Crippen LogP contribution in [0.3, 0.4) is 0 Å². The molecule has 3 heterocycles. The Morgan fingerprint density at radius 3 is 2.10 bits per heavy atom. The van der Waals surface area contributed by atoms with Crippen LogP contribution in [-0.2, 0) is 14.2 Å². The molecular formula is C26H28O15. The van der Waals surface area contributed by atoms with Crippen molar-refractivity contribution >= 4 is 11.0 Å². The number of hydrogen-bond donors (Lipinski definition) is 9. The standard InChI is InChI=1S/C26H28O15/c27-7-17-20(32)23(35)25(40-17)37-8-18-21(33)22(34)24(36)26(41-18)38-10-4-13(30)19-14(31)6-15(39-16(19)5-10)9-1-2-11(28)12(29)3-9/h1-6,17-18,20-30,32-36H,7-8H2/t17-,18-,20-,21-,22+,23-,24-,25-,26-/m1/s1. The first-order valence-corrected chi connectivity index (χ1v) is 12.4. The number of benzene rings is 2. The second-order valence-corrected chi connectivity index (χ2v) is 9.67. The van der Waals surface area contributed by atoms with E-state index in [0.717, 1.165) is 12.1 Å². The van der Waals surface area contributed by atoms with Crippen molar-refractivity contribution in [1.29, 1.82) is 0 Å². The highest BCUT2D eigenvalue weighted by atomic mass is 16.7. The van der Waals surface area contributed by atoms with Crippen LogP contribution in [0.4, 0.5) is 0 Å². The maximum absolute atomic E-state index is 12.7. The summed E-state index contributed by atoms with van der Waals surface area (Å²) in [6.07, 6.45) is -13.6. The zero-order valence-corrected chi connectivity index (χ0v) is 21.0. The topological polar surface area (TPSA) is 249 Å². The van der Waals surface area contributed by atoms with Crippen LogP contribution in [0.15, 0.2) is 45.6 Å². The van der Waals surface area contributed by atoms with Gasteiger partial charge in [-0.1, -0.05) is 0 Å². The molecule has 9 N–H and O–H groups in total. The highest BCUT2D eigenvalue weighted by molar-refractivity contribution is 5.86. The zero-order chi connectivity index (χ0) is 29.6. The lowest BCUT2D eigenvalue weighted by molar-refractivity contribution is -0.290. The molecule has 2 saturated heterocycles. The van der Waals surface area contributed by atoms with Crippen LogP contribution in [0.2, 0.25) is 0 Å². The number of hydrogen-bond acceptors (Lipinski definition) is 15. The van der Waals surface area contributed by atoms with Gasteiger partial charge in [0.15, 0.2) is 23.2 Å². The van der Waals surface area contributed by atoms with Crippen LogP contribution in [0.1, 0.15) is 0 Å². The Labute approximate surface area is 230 Å². The van der Waals surface area contributed by atoms with E-state index >= 15 is 0 Å². The average Bonchev–Trinajstić information content (AvgIpc) is 3.21. The predicted octanol–water partition coefficient (Wildman–Crippen LogP) is -1.78. The molecule has 0 amide bonds. The molecule has 5 rings (SSSR count). The molecule has 41 heavy (non-hydrogen) atoms. The Hall–Kier alpha value is -3.51. The number of phenols is 3. The van der Waals surface area contributed by atoms with Crippen molar-refractivity contribution in [2.75, 3.05) is 13.2 Å². The third-order valence-electron chi connectivity index (χ3n) is 6.89. The van der Waals surface area contributed by atoms with E-state index in [0.29, 0.717) is 0 Å². The van der Waals surface area contributed by atoms with Gasteiger partial charge in [-0.25, -0.2) is 0 Å². The fourth-order valence-electron chi connectivity index (χ4n) is 4.61. The average molecular weight is 580 g/mol. The van der Waals surface area contributed by atoms with Gasteiger partial charge in [0, 0.05) is 23.8 Å². The predicted molar refractivity (Wildman–Crippen MR) is 134 cm³/mol. The Bertz CT molecular complexity index is 1460. The number of ether oxygens (including phenoxy) is 4. The molecule has 0 aliphatic carbocycles. The van der Waals surface area contributed by atoms with E-state index in [1.54, 1.807) is 0 Å². The van der Waals surface area contributed by atoms with Gasteiger partial charge in [-0.2, -0.15) is 0 Å². The smallest absolute Gasteiger partial charge is 0.229 e. The SMILES string of the molecule is O=c1cc(-c2ccc(O)c(O)c2)oc2cc(O[C@@H]3O[C@H](CO[C@@H]4O[C@H](CO)[C@@H](O)[C@H]4O)[C@@H](O)[C@H](O)[C@H]3O)cc(O)c12. The van der Waals surface area contributed by atoms with Gasteiger partial charge in [-0.3, -0.25) is 4.79 Å². The quantitative estimate of drug-likeness (QED) is 0.140. The lowest BCUT2D eigenvalue weighted by Crippen LogP contribution is -2.60. The molecule has 1 aromatic heterocycles. The van der Waals surface area contributed by atoms with E-state index in [4.69, 9.17) is 23.4 Å². The molecule has 2 aliphatic heterocycles. The Balaban J connectivity index is 1.36. The van der Waals surface area contributed by atoms with Gasteiger partial charge in [0.2, 0.25) is 6.29 Å². The summed E-state index contributed by atoms with van der Waals surface area (Å²) in [7, 11) is 0. The van der Waals surface area contributed by atoms with Crippen LogP contribution >= 0.6 is 0 Å². The summed E-state index contributed by atoms with van der Waals surface area (Å²) in [6.45, 7) is -1.09. The number of aromatic hydroxyl groups is 3. The van der Waals surface area contributed by atoms with Crippen molar-refractivity contribution in [2.24, 2.45) is 0 Å². The van der Waals surface area contributed by atoms with Crippen LogP contribution in [0, 0.1) is 0 Å². The van der Waals surface area contributed by atoms with Crippen LogP contribution < -0.4 is 10.2 Å². The Morgan fingerprint density at radius 2 is 1.41 bits per heavy atom. The molecule has 3 aromatic rings.